The molecule has 0 heterocycles. The van der Waals surface area contributed by atoms with Crippen molar-refractivity contribution in [1.82, 2.24) is 0 Å². The van der Waals surface area contributed by atoms with Crippen LogP contribution in [0.2, 0.25) is 0 Å². The molecular formula is C12H26CuN2O4. The zero-order valence-corrected chi connectivity index (χ0v) is 12.8. The number of aliphatic carboxylic acids is 2. The van der Waals surface area contributed by atoms with E-state index in [2.05, 4.69) is 0 Å². The third-order valence-electron chi connectivity index (χ3n) is 3.08. The van der Waals surface area contributed by atoms with Crippen molar-refractivity contribution in [3.05, 3.63) is 0 Å². The molecule has 119 valence electrons. The fourth-order valence-electron chi connectivity index (χ4n) is 0.995. The van der Waals surface area contributed by atoms with Gasteiger partial charge in [0.2, 0.25) is 0 Å². The molecule has 6 N–H and O–H groups in total. The Morgan fingerprint density at radius 3 is 1.16 bits per heavy atom. The molecule has 6 nitrogen and oxygen atoms in total. The van der Waals surface area contributed by atoms with E-state index in [0.717, 1.165) is 12.8 Å². The number of rotatable bonds is 6. The molecular weight excluding hydrogens is 300 g/mol. The van der Waals surface area contributed by atoms with Gasteiger partial charge in [-0.3, -0.25) is 9.59 Å². The van der Waals surface area contributed by atoms with E-state index in [4.69, 9.17) is 21.7 Å². The van der Waals surface area contributed by atoms with Crippen LogP contribution in [0.1, 0.15) is 40.5 Å². The smallest absolute Gasteiger partial charge is 0.320 e. The van der Waals surface area contributed by atoms with Crippen molar-refractivity contribution in [3.63, 3.8) is 0 Å². The molecule has 0 unspecified atom stereocenters. The second kappa shape index (κ2) is 12.4. The van der Waals surface area contributed by atoms with Gasteiger partial charge >= 0.3 is 11.9 Å². The topological polar surface area (TPSA) is 127 Å². The molecule has 0 bridgehead atoms. The number of carboxylic acid groups (broad SMARTS) is 2. The van der Waals surface area contributed by atoms with Crippen molar-refractivity contribution in [2.45, 2.75) is 52.6 Å². The van der Waals surface area contributed by atoms with Crippen LogP contribution >= 0.6 is 0 Å². The van der Waals surface area contributed by atoms with E-state index in [0.29, 0.717) is 0 Å². The maximum atomic E-state index is 10.2. The molecule has 4 atom stereocenters. The Balaban J connectivity index is -0.000000256. The zero-order chi connectivity index (χ0) is 14.9. The van der Waals surface area contributed by atoms with Gasteiger partial charge in [0.25, 0.3) is 0 Å². The molecule has 0 amide bonds. The average Bonchev–Trinajstić information content (AvgIpc) is 2.35. The average molecular weight is 326 g/mol. The van der Waals surface area contributed by atoms with Gasteiger partial charge in [-0.05, 0) is 11.8 Å². The van der Waals surface area contributed by atoms with E-state index in [1.165, 1.54) is 0 Å². The third kappa shape index (κ3) is 10.9. The Bertz CT molecular complexity index is 238. The van der Waals surface area contributed by atoms with Gasteiger partial charge in [0.05, 0.1) is 0 Å². The predicted octanol–water partition coefficient (Wildman–Crippen LogP) is 0.886. The summed E-state index contributed by atoms with van der Waals surface area (Å²) in [6, 6.07) is -1.40. The van der Waals surface area contributed by atoms with Crippen LogP contribution in [0.25, 0.3) is 0 Å². The summed E-state index contributed by atoms with van der Waals surface area (Å²) in [6.07, 6.45) is 1.63. The zero-order valence-electron chi connectivity index (χ0n) is 11.9. The molecule has 0 spiro atoms. The molecule has 0 aliphatic carbocycles. The summed E-state index contributed by atoms with van der Waals surface area (Å²) in [7, 11) is 0. The van der Waals surface area contributed by atoms with E-state index in [1.807, 2.05) is 27.7 Å². The summed E-state index contributed by atoms with van der Waals surface area (Å²) in [5.41, 5.74) is 10.5. The van der Waals surface area contributed by atoms with Gasteiger partial charge < -0.3 is 21.7 Å². The maximum Gasteiger partial charge on any atom is 0.320 e. The molecule has 0 saturated heterocycles. The van der Waals surface area contributed by atoms with Crippen molar-refractivity contribution in [2.75, 3.05) is 0 Å². The standard InChI is InChI=1S/2C6H13NO2.Cu/c2*1-3-4(2)5(7)6(8)9;/h2*4-5H,3,7H2,1-2H3,(H,8,9);/t2*4-,5-;/m00./s1. The molecule has 0 fully saturated rings. The van der Waals surface area contributed by atoms with Crippen LogP contribution in [0.3, 0.4) is 0 Å². The Morgan fingerprint density at radius 1 is 0.895 bits per heavy atom. The summed E-state index contributed by atoms with van der Waals surface area (Å²) in [6.45, 7) is 7.51. The van der Waals surface area contributed by atoms with Gasteiger partial charge in [-0.25, -0.2) is 0 Å². The molecule has 0 aromatic rings. The van der Waals surface area contributed by atoms with E-state index in [-0.39, 0.29) is 28.9 Å². The van der Waals surface area contributed by atoms with E-state index in [9.17, 15) is 9.59 Å². The largest absolute Gasteiger partial charge is 0.480 e. The quantitative estimate of drug-likeness (QED) is 0.537. The van der Waals surface area contributed by atoms with Crippen molar-refractivity contribution in [1.29, 1.82) is 0 Å². The SMILES string of the molecule is CC[C@H](C)[C@H](N)C(=O)O.CC[C@H](C)[C@H](N)C(=O)O.[Cu]. The summed E-state index contributed by atoms with van der Waals surface area (Å²) in [4.78, 5) is 20.3. The Kier molecular flexibility index (Phi) is 15.3. The number of carboxylic acids is 2. The third-order valence-corrected chi connectivity index (χ3v) is 3.08. The van der Waals surface area contributed by atoms with Gasteiger partial charge in [0.15, 0.2) is 0 Å². The summed E-state index contributed by atoms with van der Waals surface area (Å²) >= 11 is 0. The van der Waals surface area contributed by atoms with Gasteiger partial charge in [-0.15, -0.1) is 0 Å². The Hall–Kier alpha value is -0.621. The normalized spacial score (nSPS) is 15.9. The van der Waals surface area contributed by atoms with Gasteiger partial charge in [0, 0.05) is 17.1 Å². The van der Waals surface area contributed by atoms with Crippen LogP contribution in [0.4, 0.5) is 0 Å². The number of hydrogen-bond acceptors (Lipinski definition) is 4. The Labute approximate surface area is 125 Å². The first kappa shape index (κ1) is 23.5. The molecule has 1 radical (unpaired) electrons. The van der Waals surface area contributed by atoms with Crippen LogP contribution in [0.15, 0.2) is 0 Å². The molecule has 0 aromatic carbocycles. The van der Waals surface area contributed by atoms with E-state index < -0.39 is 24.0 Å². The Morgan fingerprint density at radius 2 is 1.11 bits per heavy atom. The first-order valence-corrected chi connectivity index (χ1v) is 6.15. The summed E-state index contributed by atoms with van der Waals surface area (Å²) in [5.74, 6) is -1.68. The molecule has 0 aliphatic heterocycles. The monoisotopic (exact) mass is 325 g/mol. The van der Waals surface area contributed by atoms with Crippen molar-refractivity contribution < 1.29 is 36.9 Å². The minimum atomic E-state index is -0.913. The van der Waals surface area contributed by atoms with E-state index >= 15 is 0 Å². The maximum absolute atomic E-state index is 10.2. The van der Waals surface area contributed by atoms with Crippen LogP contribution in [0.5, 0.6) is 0 Å². The second-order valence-electron chi connectivity index (χ2n) is 4.50. The first-order valence-electron chi connectivity index (χ1n) is 6.15. The van der Waals surface area contributed by atoms with Crippen molar-refractivity contribution >= 4 is 11.9 Å². The fraction of sp³-hybridized carbons (Fsp3) is 0.833. The summed E-state index contributed by atoms with van der Waals surface area (Å²) < 4.78 is 0. The van der Waals surface area contributed by atoms with Crippen molar-refractivity contribution in [3.8, 4) is 0 Å². The predicted molar refractivity (Wildman–Crippen MR) is 70.1 cm³/mol. The van der Waals surface area contributed by atoms with Crippen LogP contribution in [0, 0.1) is 11.8 Å². The van der Waals surface area contributed by atoms with Crippen LogP contribution in [-0.2, 0) is 26.7 Å². The molecule has 0 aromatic heterocycles. The number of carbonyl (C=O) groups is 2. The molecule has 19 heavy (non-hydrogen) atoms. The van der Waals surface area contributed by atoms with Crippen LogP contribution in [-0.4, -0.2) is 34.2 Å². The van der Waals surface area contributed by atoms with Gasteiger partial charge in [-0.1, -0.05) is 40.5 Å². The number of nitrogens with two attached hydrogens (primary N) is 2. The second-order valence-corrected chi connectivity index (χ2v) is 4.50. The molecule has 0 aliphatic rings. The van der Waals surface area contributed by atoms with Gasteiger partial charge in [0.1, 0.15) is 12.1 Å². The van der Waals surface area contributed by atoms with Crippen LogP contribution < -0.4 is 11.5 Å². The fourth-order valence-corrected chi connectivity index (χ4v) is 0.995. The minimum absolute atomic E-state index is 0. The summed E-state index contributed by atoms with van der Waals surface area (Å²) in [5, 5.41) is 16.7. The molecule has 7 heteroatoms. The number of hydrogen-bond donors (Lipinski definition) is 4. The minimum Gasteiger partial charge on any atom is -0.480 e. The van der Waals surface area contributed by atoms with Gasteiger partial charge in [-0.2, -0.15) is 0 Å². The van der Waals surface area contributed by atoms with Crippen molar-refractivity contribution in [2.24, 2.45) is 23.3 Å². The molecule has 0 rings (SSSR count). The van der Waals surface area contributed by atoms with E-state index in [1.54, 1.807) is 0 Å². The first-order chi connectivity index (χ1) is 8.18. The molecule has 0 saturated carbocycles.